The van der Waals surface area contributed by atoms with Gasteiger partial charge in [0.1, 0.15) is 5.82 Å². The number of aromatic nitrogens is 2. The summed E-state index contributed by atoms with van der Waals surface area (Å²) in [5.74, 6) is 5.23. The highest BCUT2D eigenvalue weighted by Gasteiger charge is 2.24. The maximum Gasteiger partial charge on any atom is 0.225 e. The first-order chi connectivity index (χ1) is 11.3. The van der Waals surface area contributed by atoms with Crippen molar-refractivity contribution in [2.24, 2.45) is 0 Å². The largest absolute Gasteiger partial charge is 0.464 e. The molecule has 0 saturated heterocycles. The van der Waals surface area contributed by atoms with Gasteiger partial charge in [-0.15, -0.1) is 6.42 Å². The minimum atomic E-state index is -2.80. The molecule has 0 saturated carbocycles. The zero-order chi connectivity index (χ0) is 18.2. The molecule has 0 fully saturated rings. The third kappa shape index (κ3) is 6.70. The van der Waals surface area contributed by atoms with Crippen molar-refractivity contribution in [1.82, 2.24) is 9.97 Å². The Morgan fingerprint density at radius 3 is 2.67 bits per heavy atom. The highest BCUT2D eigenvalue weighted by Crippen LogP contribution is 2.68. The first-order valence-electron chi connectivity index (χ1n) is 8.00. The molecular weight excluding hydrogens is 363 g/mol. The van der Waals surface area contributed by atoms with Crippen LogP contribution in [0.3, 0.4) is 0 Å². The summed E-state index contributed by atoms with van der Waals surface area (Å²) >= 11 is 5.39. The Morgan fingerprint density at radius 2 is 2.12 bits per heavy atom. The van der Waals surface area contributed by atoms with Gasteiger partial charge >= 0.3 is 0 Å². The van der Waals surface area contributed by atoms with E-state index < -0.39 is 16.2 Å². The average Bonchev–Trinajstić information content (AvgIpc) is 2.52. The van der Waals surface area contributed by atoms with Crippen molar-refractivity contribution in [3.8, 4) is 18.2 Å². The predicted octanol–water partition coefficient (Wildman–Crippen LogP) is 3.78. The maximum atomic E-state index is 10.6. The van der Waals surface area contributed by atoms with E-state index in [0.29, 0.717) is 24.1 Å². The zero-order valence-electron chi connectivity index (χ0n) is 14.7. The maximum absolute atomic E-state index is 10.6. The van der Waals surface area contributed by atoms with Gasteiger partial charge in [0, 0.05) is 17.7 Å². The molecular formula is C16H27N2O3PS2. The van der Waals surface area contributed by atoms with Crippen LogP contribution in [0, 0.1) is 12.3 Å². The minimum absolute atomic E-state index is 0.161. The molecule has 0 amide bonds. The summed E-state index contributed by atoms with van der Waals surface area (Å²) in [7, 11) is -0.870. The van der Waals surface area contributed by atoms with Gasteiger partial charge in [0.2, 0.25) is 11.6 Å². The molecule has 1 aromatic rings. The molecule has 2 unspecified atom stereocenters. The molecule has 0 spiro atoms. The molecule has 136 valence electrons. The SMILES string of the molecule is C#CCOc1cc(C[SH](CCC)P(O)(=S)OCC)nc(C(C)C)n1. The summed E-state index contributed by atoms with van der Waals surface area (Å²) in [5.41, 5.74) is -1.97. The quantitative estimate of drug-likeness (QED) is 0.360. The molecule has 2 atom stereocenters. The lowest BCUT2D eigenvalue weighted by Gasteiger charge is -2.29. The van der Waals surface area contributed by atoms with Crippen LogP contribution in [0.2, 0.25) is 0 Å². The molecule has 1 N–H and O–H groups in total. The van der Waals surface area contributed by atoms with Crippen molar-refractivity contribution in [3.05, 3.63) is 17.6 Å². The fourth-order valence-electron chi connectivity index (χ4n) is 2.01. The number of ether oxygens (including phenoxy) is 1. The van der Waals surface area contributed by atoms with Crippen LogP contribution in [-0.2, 0) is 22.1 Å². The van der Waals surface area contributed by atoms with Crippen LogP contribution < -0.4 is 4.74 Å². The lowest BCUT2D eigenvalue weighted by atomic mass is 10.2. The second kappa shape index (κ2) is 10.4. The van der Waals surface area contributed by atoms with E-state index in [1.165, 1.54) is 0 Å². The van der Waals surface area contributed by atoms with Crippen LogP contribution >= 0.6 is 16.2 Å². The Balaban J connectivity index is 3.10. The molecule has 8 heteroatoms. The van der Waals surface area contributed by atoms with Crippen molar-refractivity contribution < 1.29 is 14.2 Å². The third-order valence-electron chi connectivity index (χ3n) is 3.07. The first kappa shape index (κ1) is 21.4. The van der Waals surface area contributed by atoms with E-state index in [4.69, 9.17) is 27.5 Å². The van der Waals surface area contributed by atoms with Crippen molar-refractivity contribution in [2.75, 3.05) is 19.0 Å². The molecule has 0 aliphatic heterocycles. The monoisotopic (exact) mass is 390 g/mol. The summed E-state index contributed by atoms with van der Waals surface area (Å²) in [4.78, 5) is 19.6. The van der Waals surface area contributed by atoms with Gasteiger partial charge in [0.05, 0.1) is 12.3 Å². The van der Waals surface area contributed by atoms with Crippen LogP contribution in [-0.4, -0.2) is 33.8 Å². The normalized spacial score (nSPS) is 15.6. The summed E-state index contributed by atoms with van der Waals surface area (Å²) in [6.45, 7) is 8.56. The lowest BCUT2D eigenvalue weighted by molar-refractivity contribution is 0.340. The lowest BCUT2D eigenvalue weighted by Crippen LogP contribution is -2.07. The van der Waals surface area contributed by atoms with E-state index in [9.17, 15) is 4.89 Å². The van der Waals surface area contributed by atoms with E-state index in [1.807, 2.05) is 20.8 Å². The van der Waals surface area contributed by atoms with Crippen LogP contribution in [0.5, 0.6) is 5.88 Å². The molecule has 24 heavy (non-hydrogen) atoms. The summed E-state index contributed by atoms with van der Waals surface area (Å²) < 4.78 is 11.0. The second-order valence-electron chi connectivity index (χ2n) is 5.50. The van der Waals surface area contributed by atoms with Crippen LogP contribution in [0.15, 0.2) is 6.07 Å². The second-order valence-corrected chi connectivity index (χ2v) is 14.1. The van der Waals surface area contributed by atoms with Gasteiger partial charge < -0.3 is 14.2 Å². The molecule has 1 aromatic heterocycles. The number of rotatable bonds is 10. The van der Waals surface area contributed by atoms with Gasteiger partial charge in [0.25, 0.3) is 0 Å². The number of terminal acetylenes is 1. The molecule has 1 rings (SSSR count). The van der Waals surface area contributed by atoms with Crippen molar-refractivity contribution in [1.29, 1.82) is 0 Å². The topological polar surface area (TPSA) is 64.5 Å². The van der Waals surface area contributed by atoms with E-state index >= 15 is 0 Å². The van der Waals surface area contributed by atoms with E-state index in [0.717, 1.165) is 17.9 Å². The molecule has 0 aliphatic rings. The molecule has 0 aliphatic carbocycles. The van der Waals surface area contributed by atoms with E-state index in [-0.39, 0.29) is 12.5 Å². The fraction of sp³-hybridized carbons (Fsp3) is 0.625. The van der Waals surface area contributed by atoms with Crippen molar-refractivity contribution in [2.45, 2.75) is 45.8 Å². The summed E-state index contributed by atoms with van der Waals surface area (Å²) in [6.07, 6.45) is 6.19. The van der Waals surface area contributed by atoms with Gasteiger partial charge in [-0.1, -0.05) is 26.7 Å². The summed E-state index contributed by atoms with van der Waals surface area (Å²) in [5, 5.41) is 0. The molecule has 0 radical (unpaired) electrons. The average molecular weight is 391 g/mol. The highest BCUT2D eigenvalue weighted by atomic mass is 32.9. The fourth-order valence-corrected chi connectivity index (χ4v) is 8.89. The minimum Gasteiger partial charge on any atom is -0.464 e. The predicted molar refractivity (Wildman–Crippen MR) is 106 cm³/mol. The third-order valence-corrected chi connectivity index (χ3v) is 11.9. The Hall–Kier alpha value is -0.640. The number of thiol groups is 1. The summed E-state index contributed by atoms with van der Waals surface area (Å²) in [6, 6.07) is 1.79. The smallest absolute Gasteiger partial charge is 0.225 e. The Morgan fingerprint density at radius 1 is 1.42 bits per heavy atom. The Kier molecular flexibility index (Phi) is 9.25. The van der Waals surface area contributed by atoms with Gasteiger partial charge in [-0.3, -0.25) is 0 Å². The van der Waals surface area contributed by atoms with E-state index in [2.05, 4.69) is 22.8 Å². The van der Waals surface area contributed by atoms with Gasteiger partial charge in [0.15, 0.2) is 6.61 Å². The highest BCUT2D eigenvalue weighted by molar-refractivity contribution is 8.75. The van der Waals surface area contributed by atoms with Crippen LogP contribution in [0.1, 0.15) is 51.6 Å². The van der Waals surface area contributed by atoms with Gasteiger partial charge in [-0.25, -0.2) is 4.98 Å². The first-order valence-corrected chi connectivity index (χ1v) is 13.1. The van der Waals surface area contributed by atoms with Crippen LogP contribution in [0.4, 0.5) is 0 Å². The molecule has 5 nitrogen and oxygen atoms in total. The van der Waals surface area contributed by atoms with Gasteiger partial charge in [-0.05, 0) is 30.9 Å². The molecule has 0 aromatic carbocycles. The number of hydrogen-bond donors (Lipinski definition) is 2. The number of nitrogens with zero attached hydrogens (tertiary/aromatic N) is 2. The van der Waals surface area contributed by atoms with Crippen molar-refractivity contribution >= 4 is 28.0 Å². The number of hydrogen-bond acceptors (Lipinski definition) is 5. The van der Waals surface area contributed by atoms with Crippen molar-refractivity contribution in [3.63, 3.8) is 0 Å². The van der Waals surface area contributed by atoms with Gasteiger partial charge in [-0.2, -0.15) is 15.5 Å². The zero-order valence-corrected chi connectivity index (χ0v) is 17.3. The van der Waals surface area contributed by atoms with E-state index in [1.54, 1.807) is 6.07 Å². The Bertz CT molecular complexity index is 620. The standard InChI is InChI=1S/C16H27N2O3PS2/c1-6-9-20-15-11-14(17-16(18-15)13(4)5)12-24(10-7-2)22(19,23)21-8-3/h1,11,13,24H,7-10,12H2,2-5H3,(H,19,23). The molecule has 0 bridgehead atoms. The van der Waals surface area contributed by atoms with Crippen LogP contribution in [0.25, 0.3) is 0 Å². The molecule has 1 heterocycles. The Labute approximate surface area is 152 Å².